The van der Waals surface area contributed by atoms with E-state index in [1.54, 1.807) is 6.20 Å². The molecule has 3 N–H and O–H groups in total. The van der Waals surface area contributed by atoms with Gasteiger partial charge in [-0.15, -0.1) is 0 Å². The molecule has 2 rings (SSSR count). The van der Waals surface area contributed by atoms with E-state index < -0.39 is 0 Å². The fourth-order valence-electron chi connectivity index (χ4n) is 1.88. The lowest BCUT2D eigenvalue weighted by atomic mass is 10.2. The molecule has 18 heavy (non-hydrogen) atoms. The lowest BCUT2D eigenvalue weighted by Crippen LogP contribution is -2.17. The van der Waals surface area contributed by atoms with Gasteiger partial charge in [-0.25, -0.2) is 4.68 Å². The van der Waals surface area contributed by atoms with E-state index in [2.05, 4.69) is 30.0 Å². The maximum absolute atomic E-state index is 7.58. The van der Waals surface area contributed by atoms with E-state index in [0.717, 1.165) is 29.9 Å². The zero-order chi connectivity index (χ0) is 13.1. The Morgan fingerprint density at radius 1 is 1.39 bits per heavy atom. The van der Waals surface area contributed by atoms with Crippen molar-refractivity contribution in [2.75, 3.05) is 0 Å². The fourth-order valence-corrected chi connectivity index (χ4v) is 1.88. The van der Waals surface area contributed by atoms with Crippen molar-refractivity contribution in [3.63, 3.8) is 0 Å². The van der Waals surface area contributed by atoms with Crippen molar-refractivity contribution in [3.8, 4) is 5.69 Å². The normalized spacial score (nSPS) is 10.6. The van der Waals surface area contributed by atoms with E-state index in [1.807, 2.05) is 16.8 Å². The number of nitrogens with zero attached hydrogens (tertiary/aromatic N) is 3. The standard InChI is InChI=1S/C13H17N5/c1-3-9-8-10(4-2)18(17-9)11-6-5-7-16-12(11)13(14)15/h5-8H,3-4H2,1-2H3,(H3,14,15). The highest BCUT2D eigenvalue weighted by Gasteiger charge is 2.13. The fraction of sp³-hybridized carbons (Fsp3) is 0.308. The number of aromatic nitrogens is 3. The third-order valence-corrected chi connectivity index (χ3v) is 2.83. The van der Waals surface area contributed by atoms with Crippen molar-refractivity contribution in [2.45, 2.75) is 26.7 Å². The Morgan fingerprint density at radius 3 is 2.78 bits per heavy atom. The molecular formula is C13H17N5. The molecule has 5 heteroatoms. The summed E-state index contributed by atoms with van der Waals surface area (Å²) in [5.74, 6) is -0.0406. The summed E-state index contributed by atoms with van der Waals surface area (Å²) in [7, 11) is 0. The van der Waals surface area contributed by atoms with E-state index in [1.165, 1.54) is 0 Å². The zero-order valence-electron chi connectivity index (χ0n) is 10.6. The molecule has 0 atom stereocenters. The van der Waals surface area contributed by atoms with Crippen molar-refractivity contribution in [3.05, 3.63) is 41.5 Å². The van der Waals surface area contributed by atoms with Gasteiger partial charge in [0.1, 0.15) is 11.5 Å². The van der Waals surface area contributed by atoms with E-state index in [4.69, 9.17) is 11.1 Å². The number of nitrogen functional groups attached to an aromatic ring is 1. The minimum Gasteiger partial charge on any atom is -0.382 e. The smallest absolute Gasteiger partial charge is 0.144 e. The van der Waals surface area contributed by atoms with Crippen LogP contribution in [0, 0.1) is 5.41 Å². The Kier molecular flexibility index (Phi) is 3.41. The molecule has 0 unspecified atom stereocenters. The molecule has 0 radical (unpaired) electrons. The second-order valence-corrected chi connectivity index (χ2v) is 4.03. The van der Waals surface area contributed by atoms with Gasteiger partial charge in [-0.2, -0.15) is 5.10 Å². The van der Waals surface area contributed by atoms with Gasteiger partial charge < -0.3 is 5.73 Å². The van der Waals surface area contributed by atoms with Crippen LogP contribution in [0.2, 0.25) is 0 Å². The number of rotatable bonds is 4. The molecule has 0 aliphatic carbocycles. The van der Waals surface area contributed by atoms with E-state index in [-0.39, 0.29) is 5.84 Å². The van der Waals surface area contributed by atoms with Crippen LogP contribution in [0.1, 0.15) is 30.9 Å². The van der Waals surface area contributed by atoms with Gasteiger partial charge in [0.05, 0.1) is 11.4 Å². The van der Waals surface area contributed by atoms with Crippen LogP contribution in [0.4, 0.5) is 0 Å². The summed E-state index contributed by atoms with van der Waals surface area (Å²) in [5, 5.41) is 12.1. The number of amidine groups is 1. The average molecular weight is 243 g/mol. The second kappa shape index (κ2) is 5.00. The molecule has 0 bridgehead atoms. The minimum atomic E-state index is -0.0406. The summed E-state index contributed by atoms with van der Waals surface area (Å²) in [6.07, 6.45) is 3.39. The molecule has 0 aliphatic rings. The van der Waals surface area contributed by atoms with Crippen molar-refractivity contribution < 1.29 is 0 Å². The molecule has 2 heterocycles. The third-order valence-electron chi connectivity index (χ3n) is 2.83. The molecule has 5 nitrogen and oxygen atoms in total. The number of nitrogens with two attached hydrogens (primary N) is 1. The van der Waals surface area contributed by atoms with Crippen LogP contribution in [0.25, 0.3) is 5.69 Å². The van der Waals surface area contributed by atoms with Crippen LogP contribution >= 0.6 is 0 Å². The molecule has 0 aliphatic heterocycles. The quantitative estimate of drug-likeness (QED) is 0.633. The van der Waals surface area contributed by atoms with Crippen LogP contribution in [0.15, 0.2) is 24.4 Å². The summed E-state index contributed by atoms with van der Waals surface area (Å²) < 4.78 is 1.84. The predicted molar refractivity (Wildman–Crippen MR) is 71.1 cm³/mol. The number of hydrogen-bond donors (Lipinski definition) is 2. The Labute approximate surface area is 106 Å². The number of nitrogens with one attached hydrogen (secondary N) is 1. The van der Waals surface area contributed by atoms with E-state index in [9.17, 15) is 0 Å². The molecule has 94 valence electrons. The molecule has 0 fully saturated rings. The highest BCUT2D eigenvalue weighted by molar-refractivity contribution is 5.96. The molecular weight excluding hydrogens is 226 g/mol. The molecule has 2 aromatic rings. The van der Waals surface area contributed by atoms with Gasteiger partial charge in [0.15, 0.2) is 0 Å². The van der Waals surface area contributed by atoms with Gasteiger partial charge >= 0.3 is 0 Å². The van der Waals surface area contributed by atoms with E-state index in [0.29, 0.717) is 5.69 Å². The summed E-state index contributed by atoms with van der Waals surface area (Å²) in [4.78, 5) is 4.15. The number of pyridine rings is 1. The first-order chi connectivity index (χ1) is 8.67. The van der Waals surface area contributed by atoms with Crippen molar-refractivity contribution in [2.24, 2.45) is 5.73 Å². The van der Waals surface area contributed by atoms with Gasteiger partial charge in [0.25, 0.3) is 0 Å². The topological polar surface area (TPSA) is 80.6 Å². The summed E-state index contributed by atoms with van der Waals surface area (Å²) in [6, 6.07) is 5.79. The van der Waals surface area contributed by atoms with Crippen LogP contribution in [-0.2, 0) is 12.8 Å². The minimum absolute atomic E-state index is 0.0406. The van der Waals surface area contributed by atoms with Crippen LogP contribution in [0.3, 0.4) is 0 Å². The highest BCUT2D eigenvalue weighted by Crippen LogP contribution is 2.16. The largest absolute Gasteiger partial charge is 0.382 e. The highest BCUT2D eigenvalue weighted by atomic mass is 15.3. The molecule has 2 aromatic heterocycles. The molecule has 0 spiro atoms. The van der Waals surface area contributed by atoms with Gasteiger partial charge in [0, 0.05) is 11.9 Å². The van der Waals surface area contributed by atoms with E-state index >= 15 is 0 Å². The van der Waals surface area contributed by atoms with Crippen LogP contribution in [-0.4, -0.2) is 20.6 Å². The van der Waals surface area contributed by atoms with Crippen molar-refractivity contribution in [1.82, 2.24) is 14.8 Å². The molecule has 0 aromatic carbocycles. The van der Waals surface area contributed by atoms with Crippen LogP contribution < -0.4 is 5.73 Å². The Hall–Kier alpha value is -2.17. The van der Waals surface area contributed by atoms with Gasteiger partial charge in [-0.1, -0.05) is 13.8 Å². The summed E-state index contributed by atoms with van der Waals surface area (Å²) in [6.45, 7) is 4.15. The van der Waals surface area contributed by atoms with Crippen molar-refractivity contribution in [1.29, 1.82) is 5.41 Å². The van der Waals surface area contributed by atoms with Gasteiger partial charge in [-0.05, 0) is 31.0 Å². The lowest BCUT2D eigenvalue weighted by molar-refractivity contribution is 0.788. The first kappa shape index (κ1) is 12.3. The van der Waals surface area contributed by atoms with Gasteiger partial charge in [0.2, 0.25) is 0 Å². The first-order valence-corrected chi connectivity index (χ1v) is 6.05. The van der Waals surface area contributed by atoms with Gasteiger partial charge in [-0.3, -0.25) is 10.4 Å². The zero-order valence-corrected chi connectivity index (χ0v) is 10.6. The summed E-state index contributed by atoms with van der Waals surface area (Å²) in [5.41, 5.74) is 8.93. The molecule has 0 saturated carbocycles. The SMILES string of the molecule is CCc1cc(CC)n(-c2cccnc2C(=N)N)n1. The lowest BCUT2D eigenvalue weighted by Gasteiger charge is -2.09. The summed E-state index contributed by atoms with van der Waals surface area (Å²) >= 11 is 0. The average Bonchev–Trinajstić information content (AvgIpc) is 2.81. The Morgan fingerprint density at radius 2 is 2.17 bits per heavy atom. The third kappa shape index (κ3) is 2.11. The molecule has 0 amide bonds. The Balaban J connectivity index is 2.61. The monoisotopic (exact) mass is 243 g/mol. The maximum atomic E-state index is 7.58. The number of hydrogen-bond acceptors (Lipinski definition) is 3. The predicted octanol–water partition coefficient (Wildman–Crippen LogP) is 1.68. The maximum Gasteiger partial charge on any atom is 0.144 e. The first-order valence-electron chi connectivity index (χ1n) is 6.05. The Bertz CT molecular complexity index is 571. The van der Waals surface area contributed by atoms with Crippen LogP contribution in [0.5, 0.6) is 0 Å². The van der Waals surface area contributed by atoms with Crippen molar-refractivity contribution >= 4 is 5.84 Å². The molecule has 0 saturated heterocycles. The second-order valence-electron chi connectivity index (χ2n) is 4.03. The number of aryl methyl sites for hydroxylation is 2.